The van der Waals surface area contributed by atoms with Gasteiger partial charge in [-0.1, -0.05) is 0 Å². The third-order valence-corrected chi connectivity index (χ3v) is 2.68. The van der Waals surface area contributed by atoms with Crippen molar-refractivity contribution in [1.82, 2.24) is 9.78 Å². The number of benzene rings is 1. The van der Waals surface area contributed by atoms with E-state index < -0.39 is 5.97 Å². The standard InChI is InChI=1S/C12H13N3O3/c1-7-4-8(2-3-9(7)12(17)18)15-5-10(13)11(6-16)14-15/h2-5,16H,6,13H2,1H3,(H,17,18). The first kappa shape index (κ1) is 12.1. The van der Waals surface area contributed by atoms with E-state index in [1.165, 1.54) is 10.7 Å². The first-order valence-electron chi connectivity index (χ1n) is 5.32. The lowest BCUT2D eigenvalue weighted by Crippen LogP contribution is -2.02. The Bertz CT molecular complexity index is 605. The largest absolute Gasteiger partial charge is 0.478 e. The van der Waals surface area contributed by atoms with Crippen molar-refractivity contribution < 1.29 is 15.0 Å². The third kappa shape index (κ3) is 2.05. The summed E-state index contributed by atoms with van der Waals surface area (Å²) in [7, 11) is 0. The predicted octanol–water partition coefficient (Wildman–Crippen LogP) is 0.953. The maximum atomic E-state index is 10.9. The number of hydrogen-bond donors (Lipinski definition) is 3. The number of aromatic carboxylic acids is 1. The number of nitrogen functional groups attached to an aromatic ring is 1. The fraction of sp³-hybridized carbons (Fsp3) is 0.167. The quantitative estimate of drug-likeness (QED) is 0.749. The van der Waals surface area contributed by atoms with Crippen molar-refractivity contribution in [2.45, 2.75) is 13.5 Å². The van der Waals surface area contributed by atoms with E-state index in [1.807, 2.05) is 0 Å². The number of aliphatic hydroxyl groups excluding tert-OH is 1. The van der Waals surface area contributed by atoms with Crippen LogP contribution in [0.15, 0.2) is 24.4 Å². The van der Waals surface area contributed by atoms with Crippen molar-refractivity contribution >= 4 is 11.7 Å². The molecule has 0 aliphatic rings. The van der Waals surface area contributed by atoms with E-state index in [0.717, 1.165) is 0 Å². The average molecular weight is 247 g/mol. The summed E-state index contributed by atoms with van der Waals surface area (Å²) in [5.74, 6) is -0.963. The van der Waals surface area contributed by atoms with Crippen molar-refractivity contribution in [2.75, 3.05) is 5.73 Å². The maximum Gasteiger partial charge on any atom is 0.335 e. The Morgan fingerprint density at radius 2 is 2.22 bits per heavy atom. The molecule has 0 radical (unpaired) electrons. The molecule has 6 nitrogen and oxygen atoms in total. The number of rotatable bonds is 3. The fourth-order valence-electron chi connectivity index (χ4n) is 1.71. The van der Waals surface area contributed by atoms with Crippen LogP contribution in [0, 0.1) is 6.92 Å². The molecule has 1 aromatic heterocycles. The highest BCUT2D eigenvalue weighted by Crippen LogP contribution is 2.17. The summed E-state index contributed by atoms with van der Waals surface area (Å²) in [6.07, 6.45) is 1.58. The molecule has 18 heavy (non-hydrogen) atoms. The van der Waals surface area contributed by atoms with Gasteiger partial charge in [-0.2, -0.15) is 5.10 Å². The molecule has 0 unspecified atom stereocenters. The van der Waals surface area contributed by atoms with E-state index in [9.17, 15) is 4.79 Å². The molecule has 0 fully saturated rings. The zero-order valence-electron chi connectivity index (χ0n) is 9.79. The Labute approximate surface area is 103 Å². The molecule has 94 valence electrons. The Balaban J connectivity index is 2.45. The Hall–Kier alpha value is -2.34. The SMILES string of the molecule is Cc1cc(-n2cc(N)c(CO)n2)ccc1C(=O)O. The van der Waals surface area contributed by atoms with Crippen molar-refractivity contribution in [3.63, 3.8) is 0 Å². The molecule has 1 heterocycles. The summed E-state index contributed by atoms with van der Waals surface area (Å²) >= 11 is 0. The lowest BCUT2D eigenvalue weighted by molar-refractivity contribution is 0.0696. The number of hydrogen-bond acceptors (Lipinski definition) is 4. The lowest BCUT2D eigenvalue weighted by Gasteiger charge is -2.05. The van der Waals surface area contributed by atoms with Crippen molar-refractivity contribution in [3.05, 3.63) is 41.2 Å². The van der Waals surface area contributed by atoms with Crippen LogP contribution in [0.2, 0.25) is 0 Å². The van der Waals surface area contributed by atoms with Crippen LogP contribution in [0.3, 0.4) is 0 Å². The first-order valence-corrected chi connectivity index (χ1v) is 5.32. The van der Waals surface area contributed by atoms with Crippen LogP contribution < -0.4 is 5.73 Å². The smallest absolute Gasteiger partial charge is 0.335 e. The molecule has 2 rings (SSSR count). The minimum atomic E-state index is -0.963. The summed E-state index contributed by atoms with van der Waals surface area (Å²) < 4.78 is 1.51. The molecule has 0 saturated carbocycles. The molecular weight excluding hydrogens is 234 g/mol. The van der Waals surface area contributed by atoms with E-state index >= 15 is 0 Å². The summed E-state index contributed by atoms with van der Waals surface area (Å²) in [5.41, 5.74) is 8.05. The van der Waals surface area contributed by atoms with Crippen LogP contribution in [0.5, 0.6) is 0 Å². The molecule has 0 saturated heterocycles. The van der Waals surface area contributed by atoms with Gasteiger partial charge < -0.3 is 15.9 Å². The van der Waals surface area contributed by atoms with Gasteiger partial charge in [-0.15, -0.1) is 0 Å². The summed E-state index contributed by atoms with van der Waals surface area (Å²) in [4.78, 5) is 10.9. The highest BCUT2D eigenvalue weighted by atomic mass is 16.4. The van der Waals surface area contributed by atoms with Gasteiger partial charge in [-0.3, -0.25) is 0 Å². The number of carbonyl (C=O) groups is 1. The van der Waals surface area contributed by atoms with Crippen LogP contribution in [0.1, 0.15) is 21.6 Å². The summed E-state index contributed by atoms with van der Waals surface area (Å²) in [6, 6.07) is 4.87. The number of aromatic nitrogens is 2. The molecule has 0 aliphatic heterocycles. The predicted molar refractivity (Wildman–Crippen MR) is 65.6 cm³/mol. The Kier molecular flexibility index (Phi) is 3.03. The van der Waals surface area contributed by atoms with Crippen molar-refractivity contribution in [1.29, 1.82) is 0 Å². The van der Waals surface area contributed by atoms with Gasteiger partial charge in [0.15, 0.2) is 0 Å². The highest BCUT2D eigenvalue weighted by Gasteiger charge is 2.10. The minimum absolute atomic E-state index is 0.231. The lowest BCUT2D eigenvalue weighted by atomic mass is 10.1. The van der Waals surface area contributed by atoms with Crippen molar-refractivity contribution in [2.24, 2.45) is 0 Å². The molecule has 1 aromatic carbocycles. The fourth-order valence-corrected chi connectivity index (χ4v) is 1.71. The van der Waals surface area contributed by atoms with E-state index in [1.54, 1.807) is 25.3 Å². The van der Waals surface area contributed by atoms with Gasteiger partial charge in [0.05, 0.1) is 29.7 Å². The number of anilines is 1. The number of aliphatic hydroxyl groups is 1. The first-order chi connectivity index (χ1) is 8.52. The highest BCUT2D eigenvalue weighted by molar-refractivity contribution is 5.89. The van der Waals surface area contributed by atoms with Gasteiger partial charge in [0, 0.05) is 0 Å². The van der Waals surface area contributed by atoms with E-state index in [0.29, 0.717) is 22.6 Å². The molecule has 2 aromatic rings. The second-order valence-corrected chi connectivity index (χ2v) is 3.94. The number of aryl methyl sites for hydroxylation is 1. The molecule has 6 heteroatoms. The van der Waals surface area contributed by atoms with Crippen LogP contribution >= 0.6 is 0 Å². The van der Waals surface area contributed by atoms with Gasteiger partial charge in [0.1, 0.15) is 5.69 Å². The molecule has 0 amide bonds. The van der Waals surface area contributed by atoms with E-state index in [-0.39, 0.29) is 12.2 Å². The summed E-state index contributed by atoms with van der Waals surface area (Å²) in [6.45, 7) is 1.48. The second kappa shape index (κ2) is 4.50. The zero-order valence-corrected chi connectivity index (χ0v) is 9.79. The van der Waals surface area contributed by atoms with Crippen LogP contribution in [0.4, 0.5) is 5.69 Å². The molecule has 0 bridgehead atoms. The second-order valence-electron chi connectivity index (χ2n) is 3.94. The normalized spacial score (nSPS) is 10.6. The molecule has 0 spiro atoms. The molecule has 0 atom stereocenters. The maximum absolute atomic E-state index is 10.9. The van der Waals surface area contributed by atoms with E-state index in [4.69, 9.17) is 15.9 Å². The van der Waals surface area contributed by atoms with Gasteiger partial charge >= 0.3 is 5.97 Å². The number of nitrogens with zero attached hydrogens (tertiary/aromatic N) is 2. The Morgan fingerprint density at radius 3 is 2.72 bits per heavy atom. The minimum Gasteiger partial charge on any atom is -0.478 e. The topological polar surface area (TPSA) is 101 Å². The van der Waals surface area contributed by atoms with Gasteiger partial charge in [-0.25, -0.2) is 9.48 Å². The van der Waals surface area contributed by atoms with Crippen molar-refractivity contribution in [3.8, 4) is 5.69 Å². The Morgan fingerprint density at radius 1 is 1.50 bits per heavy atom. The van der Waals surface area contributed by atoms with Gasteiger partial charge in [0.25, 0.3) is 0 Å². The van der Waals surface area contributed by atoms with Crippen LogP contribution in [-0.4, -0.2) is 26.0 Å². The number of nitrogens with two attached hydrogens (primary N) is 1. The molecular formula is C12H13N3O3. The van der Waals surface area contributed by atoms with E-state index in [2.05, 4.69) is 5.10 Å². The van der Waals surface area contributed by atoms with Crippen LogP contribution in [0.25, 0.3) is 5.69 Å². The molecule has 0 aliphatic carbocycles. The van der Waals surface area contributed by atoms with Crippen LogP contribution in [-0.2, 0) is 6.61 Å². The average Bonchev–Trinajstić information content (AvgIpc) is 2.70. The number of carboxylic acids is 1. The van der Waals surface area contributed by atoms with Gasteiger partial charge in [-0.05, 0) is 30.7 Å². The number of carboxylic acid groups (broad SMARTS) is 1. The molecule has 4 N–H and O–H groups in total. The monoisotopic (exact) mass is 247 g/mol. The summed E-state index contributed by atoms with van der Waals surface area (Å²) in [5, 5.41) is 22.1. The van der Waals surface area contributed by atoms with Gasteiger partial charge in [0.2, 0.25) is 0 Å². The third-order valence-electron chi connectivity index (χ3n) is 2.68. The zero-order chi connectivity index (χ0) is 13.3.